The van der Waals surface area contributed by atoms with Gasteiger partial charge in [-0.05, 0) is 0 Å². The Morgan fingerprint density at radius 2 is 1.03 bits per heavy atom. The van der Waals surface area contributed by atoms with E-state index < -0.39 is 66.3 Å². The highest BCUT2D eigenvalue weighted by Gasteiger charge is 2.44. The number of alkyl halides is 10. The second-order valence-electron chi connectivity index (χ2n) is 5.44. The van der Waals surface area contributed by atoms with Gasteiger partial charge >= 0.3 is 25.6 Å². The average Bonchev–Trinajstić information content (AvgIpc) is 2.99. The topological polar surface area (TPSA) is 54.1 Å². The van der Waals surface area contributed by atoms with Gasteiger partial charge in [-0.1, -0.05) is 0 Å². The molecule has 0 unspecified atom stereocenters. The first-order valence-corrected chi connectivity index (χ1v) is 7.28. The van der Waals surface area contributed by atoms with Crippen molar-refractivity contribution in [2.45, 2.75) is 32.0 Å². The zero-order valence-corrected chi connectivity index (χ0v) is 14.2. The van der Waals surface area contributed by atoms with Crippen molar-refractivity contribution in [1.82, 2.24) is 19.6 Å². The summed E-state index contributed by atoms with van der Waals surface area (Å²) in [5, 5.41) is 5.91. The Labute approximate surface area is 154 Å². The van der Waals surface area contributed by atoms with E-state index >= 15 is 0 Å². The van der Waals surface area contributed by atoms with Crippen LogP contribution in [-0.4, -0.2) is 32.8 Å². The Hall–Kier alpha value is -2.68. The summed E-state index contributed by atoms with van der Waals surface area (Å²) < 4.78 is 138. The Morgan fingerprint density at radius 3 is 1.28 bits per heavy atom. The molecule has 164 valence electrons. The number of hydrogen-bond acceptors (Lipinski definition) is 4. The van der Waals surface area contributed by atoms with E-state index in [-0.39, 0.29) is 9.36 Å². The summed E-state index contributed by atoms with van der Waals surface area (Å²) >= 11 is 0. The van der Waals surface area contributed by atoms with E-state index in [4.69, 9.17) is 0 Å². The normalized spacial score (nSPS) is 12.9. The zero-order valence-electron chi connectivity index (χ0n) is 14.2. The van der Waals surface area contributed by atoms with Crippen molar-refractivity contribution in [3.05, 3.63) is 22.5 Å². The van der Waals surface area contributed by atoms with Crippen molar-refractivity contribution >= 4 is 0 Å². The number of rotatable bonds is 6. The molecule has 0 aromatic carbocycles. The number of ether oxygens (including phenoxy) is 2. The summed E-state index contributed by atoms with van der Waals surface area (Å²) in [6.45, 7) is -7.28. The minimum absolute atomic E-state index is 0.238. The maximum Gasteiger partial charge on any atom is 0.435 e. The molecule has 2 heterocycles. The summed E-state index contributed by atoms with van der Waals surface area (Å²) in [4.78, 5) is 0. The van der Waals surface area contributed by atoms with E-state index in [1.165, 1.54) is 0 Å². The quantitative estimate of drug-likeness (QED) is 0.633. The molecular formula is C13H10F10N4O2. The first kappa shape index (κ1) is 22.6. The lowest BCUT2D eigenvalue weighted by molar-refractivity contribution is -0.142. The van der Waals surface area contributed by atoms with Crippen molar-refractivity contribution in [2.75, 3.05) is 0 Å². The van der Waals surface area contributed by atoms with Crippen LogP contribution in [0.3, 0.4) is 0 Å². The predicted octanol–water partition coefficient (Wildman–Crippen LogP) is 3.98. The number of aryl methyl sites for hydroxylation is 2. The van der Waals surface area contributed by atoms with Gasteiger partial charge in [0.2, 0.25) is 11.8 Å². The van der Waals surface area contributed by atoms with Gasteiger partial charge in [0.15, 0.2) is 11.4 Å². The molecule has 29 heavy (non-hydrogen) atoms. The highest BCUT2D eigenvalue weighted by molar-refractivity contribution is 5.44. The molecule has 0 aliphatic carbocycles. The van der Waals surface area contributed by atoms with Crippen molar-refractivity contribution in [1.29, 1.82) is 0 Å². The van der Waals surface area contributed by atoms with Gasteiger partial charge in [0.05, 0.1) is 11.1 Å². The van der Waals surface area contributed by atoms with Crippen LogP contribution in [0.4, 0.5) is 43.9 Å². The first-order chi connectivity index (χ1) is 13.1. The number of halogens is 10. The second-order valence-corrected chi connectivity index (χ2v) is 5.44. The van der Waals surface area contributed by atoms with Crippen LogP contribution in [0.2, 0.25) is 0 Å². The zero-order chi connectivity index (χ0) is 22.3. The van der Waals surface area contributed by atoms with Crippen molar-refractivity contribution < 1.29 is 53.4 Å². The van der Waals surface area contributed by atoms with Gasteiger partial charge in [-0.25, -0.2) is 9.36 Å². The molecule has 0 aliphatic rings. The van der Waals surface area contributed by atoms with Crippen LogP contribution >= 0.6 is 0 Å². The van der Waals surface area contributed by atoms with Gasteiger partial charge < -0.3 is 9.47 Å². The smallest absolute Gasteiger partial charge is 0.417 e. The molecule has 0 saturated heterocycles. The third kappa shape index (κ3) is 4.84. The number of aromatic nitrogens is 4. The van der Waals surface area contributed by atoms with E-state index in [0.29, 0.717) is 0 Å². The van der Waals surface area contributed by atoms with Gasteiger partial charge in [0.1, 0.15) is 0 Å². The number of hydrogen-bond donors (Lipinski definition) is 0. The Balaban J connectivity index is 2.72. The first-order valence-electron chi connectivity index (χ1n) is 7.28. The van der Waals surface area contributed by atoms with Crippen LogP contribution in [0.5, 0.6) is 11.8 Å². The molecule has 2 aromatic rings. The van der Waals surface area contributed by atoms with Gasteiger partial charge in [-0.3, -0.25) is 0 Å². The highest BCUT2D eigenvalue weighted by atomic mass is 19.4. The summed E-state index contributed by atoms with van der Waals surface area (Å²) in [5.41, 5.74) is -6.15. The van der Waals surface area contributed by atoms with Crippen molar-refractivity contribution in [3.63, 3.8) is 0 Å². The lowest BCUT2D eigenvalue weighted by Crippen LogP contribution is -2.14. The minimum Gasteiger partial charge on any atom is -0.417 e. The molecule has 6 nitrogen and oxygen atoms in total. The van der Waals surface area contributed by atoms with Gasteiger partial charge in [-0.15, -0.1) is 0 Å². The molecule has 0 radical (unpaired) electrons. The second kappa shape index (κ2) is 7.62. The largest absolute Gasteiger partial charge is 0.435 e. The molecule has 0 saturated carbocycles. The van der Waals surface area contributed by atoms with Crippen molar-refractivity contribution in [3.8, 4) is 11.8 Å². The standard InChI is InChI=1S/C13H10F10N4O2/c1-26-8(28-10(14)15)4(6(24-26)12(18,19)20)3-5-7(13(21,22)23)25-27(2)9(5)29-11(16)17/h10-11H,3H2,1-2H3. The van der Waals surface area contributed by atoms with Crippen LogP contribution < -0.4 is 9.47 Å². The molecule has 0 amide bonds. The van der Waals surface area contributed by atoms with Crippen molar-refractivity contribution in [2.24, 2.45) is 14.1 Å². The SMILES string of the molecule is Cn1nc(C(F)(F)F)c(Cc2c(C(F)(F)F)nn(C)c2OC(F)F)c1OC(F)F. The molecule has 0 aliphatic heterocycles. The summed E-state index contributed by atoms with van der Waals surface area (Å²) in [6.07, 6.45) is -12.0. The monoisotopic (exact) mass is 444 g/mol. The molecule has 0 atom stereocenters. The Kier molecular flexibility index (Phi) is 5.94. The lowest BCUT2D eigenvalue weighted by atomic mass is 10.0. The molecular weight excluding hydrogens is 434 g/mol. The third-order valence-electron chi connectivity index (χ3n) is 3.47. The highest BCUT2D eigenvalue weighted by Crippen LogP contribution is 2.42. The fraction of sp³-hybridized carbons (Fsp3) is 0.538. The molecule has 0 spiro atoms. The molecule has 16 heteroatoms. The third-order valence-corrected chi connectivity index (χ3v) is 3.47. The van der Waals surface area contributed by atoms with E-state index in [0.717, 1.165) is 14.1 Å². The summed E-state index contributed by atoms with van der Waals surface area (Å²) in [5.74, 6) is -2.40. The van der Waals surface area contributed by atoms with Crippen LogP contribution in [0.15, 0.2) is 0 Å². The molecule has 0 bridgehead atoms. The maximum atomic E-state index is 13.2. The Morgan fingerprint density at radius 1 is 0.724 bits per heavy atom. The van der Waals surface area contributed by atoms with Gasteiger partial charge in [-0.2, -0.15) is 54.1 Å². The molecule has 2 rings (SSSR count). The Bertz CT molecular complexity index is 798. The van der Waals surface area contributed by atoms with E-state index in [1.807, 2.05) is 0 Å². The summed E-state index contributed by atoms with van der Waals surface area (Å²) in [7, 11) is 1.56. The van der Waals surface area contributed by atoms with Gasteiger partial charge in [0.25, 0.3) is 0 Å². The molecule has 0 fully saturated rings. The van der Waals surface area contributed by atoms with E-state index in [9.17, 15) is 43.9 Å². The van der Waals surface area contributed by atoms with E-state index in [2.05, 4.69) is 19.7 Å². The molecule has 0 N–H and O–H groups in total. The van der Waals surface area contributed by atoms with Crippen LogP contribution in [-0.2, 0) is 32.9 Å². The van der Waals surface area contributed by atoms with Crippen LogP contribution in [0, 0.1) is 0 Å². The predicted molar refractivity (Wildman–Crippen MR) is 72.5 cm³/mol. The minimum atomic E-state index is -5.28. The van der Waals surface area contributed by atoms with Crippen LogP contribution in [0.1, 0.15) is 22.5 Å². The molecule has 2 aromatic heterocycles. The van der Waals surface area contributed by atoms with Crippen LogP contribution in [0.25, 0.3) is 0 Å². The average molecular weight is 444 g/mol. The maximum absolute atomic E-state index is 13.2. The summed E-state index contributed by atoms with van der Waals surface area (Å²) in [6, 6.07) is 0. The fourth-order valence-corrected chi connectivity index (χ4v) is 2.52. The lowest BCUT2D eigenvalue weighted by Gasteiger charge is -2.12. The van der Waals surface area contributed by atoms with Gasteiger partial charge in [0, 0.05) is 20.5 Å². The van der Waals surface area contributed by atoms with E-state index in [1.54, 1.807) is 0 Å². The fourth-order valence-electron chi connectivity index (χ4n) is 2.52. The number of nitrogens with zero attached hydrogens (tertiary/aromatic N) is 4.